The van der Waals surface area contributed by atoms with Gasteiger partial charge in [-0.15, -0.1) is 11.6 Å². The first-order valence-electron chi connectivity index (χ1n) is 3.52. The molecule has 72 valence electrons. The van der Waals surface area contributed by atoms with E-state index >= 15 is 0 Å². The lowest BCUT2D eigenvalue weighted by molar-refractivity contribution is -0.249. The molecule has 0 radical (unpaired) electrons. The van der Waals surface area contributed by atoms with E-state index in [-0.39, 0.29) is 0 Å². The summed E-state index contributed by atoms with van der Waals surface area (Å²) in [6.07, 6.45) is -4.89. The third-order valence-electron chi connectivity index (χ3n) is 1.82. The molecule has 0 aromatic rings. The summed E-state index contributed by atoms with van der Waals surface area (Å²) in [5.41, 5.74) is 0. The number of ether oxygens (including phenoxy) is 1. The van der Waals surface area contributed by atoms with E-state index < -0.39 is 36.6 Å². The second kappa shape index (κ2) is 3.87. The molecule has 5 atom stereocenters. The van der Waals surface area contributed by atoms with E-state index in [0.29, 0.717) is 0 Å². The maximum atomic E-state index is 9.24. The lowest BCUT2D eigenvalue weighted by atomic mass is 10.0. The minimum atomic E-state index is -1.45. The van der Waals surface area contributed by atoms with Crippen LogP contribution in [0.4, 0.5) is 0 Å². The Balaban J connectivity index is 2.63. The summed E-state index contributed by atoms with van der Waals surface area (Å²) in [7, 11) is 0. The van der Waals surface area contributed by atoms with E-state index in [9.17, 15) is 5.11 Å². The normalized spacial score (nSPS) is 49.2. The number of hydrogen-bond acceptors (Lipinski definition) is 5. The topological polar surface area (TPSA) is 90.2 Å². The predicted molar refractivity (Wildman–Crippen MR) is 39.6 cm³/mol. The van der Waals surface area contributed by atoms with Crippen LogP contribution in [-0.4, -0.2) is 57.0 Å². The van der Waals surface area contributed by atoms with Crippen molar-refractivity contribution in [3.63, 3.8) is 0 Å². The van der Waals surface area contributed by atoms with Gasteiger partial charge in [-0.3, -0.25) is 0 Å². The van der Waals surface area contributed by atoms with E-state index in [2.05, 4.69) is 4.74 Å². The van der Waals surface area contributed by atoms with Crippen LogP contribution in [0.1, 0.15) is 0 Å². The van der Waals surface area contributed by atoms with Crippen LogP contribution in [0.25, 0.3) is 0 Å². The third-order valence-corrected chi connectivity index (χ3v) is 2.34. The number of aliphatic hydroxyl groups is 4. The predicted octanol–water partition coefficient (Wildman–Crippen LogP) is -1.97. The van der Waals surface area contributed by atoms with Crippen molar-refractivity contribution in [2.45, 2.75) is 30.0 Å². The molecule has 1 aliphatic heterocycles. The first-order chi connectivity index (χ1) is 5.57. The molecule has 6 heteroatoms. The van der Waals surface area contributed by atoms with Crippen molar-refractivity contribution in [1.29, 1.82) is 0 Å². The van der Waals surface area contributed by atoms with Crippen molar-refractivity contribution in [2.75, 3.05) is 6.61 Å². The van der Waals surface area contributed by atoms with Crippen LogP contribution in [-0.2, 0) is 4.74 Å². The Morgan fingerprint density at radius 3 is 2.25 bits per heavy atom. The quantitative estimate of drug-likeness (QED) is 0.367. The molecule has 0 aromatic carbocycles. The van der Waals surface area contributed by atoms with Gasteiger partial charge in [-0.25, -0.2) is 0 Å². The van der Waals surface area contributed by atoms with Crippen molar-refractivity contribution in [3.05, 3.63) is 0 Å². The van der Waals surface area contributed by atoms with Crippen molar-refractivity contribution < 1.29 is 25.2 Å². The SMILES string of the molecule is OCC1OC(O)C(O)[C@@H](Cl)[C@@H]1O. The Hall–Kier alpha value is 0.0900. The van der Waals surface area contributed by atoms with Crippen molar-refractivity contribution in [3.8, 4) is 0 Å². The zero-order valence-electron chi connectivity index (χ0n) is 6.17. The number of alkyl halides is 1. The first kappa shape index (κ1) is 10.2. The lowest BCUT2D eigenvalue weighted by Gasteiger charge is -2.37. The van der Waals surface area contributed by atoms with E-state index in [0.717, 1.165) is 0 Å². The summed E-state index contributed by atoms with van der Waals surface area (Å²) >= 11 is 5.53. The molecular weight excluding hydrogens is 188 g/mol. The first-order valence-corrected chi connectivity index (χ1v) is 3.96. The average molecular weight is 199 g/mol. The van der Waals surface area contributed by atoms with Crippen LogP contribution in [0.2, 0.25) is 0 Å². The minimum Gasteiger partial charge on any atom is -0.394 e. The van der Waals surface area contributed by atoms with Gasteiger partial charge in [0.1, 0.15) is 18.3 Å². The maximum absolute atomic E-state index is 9.24. The van der Waals surface area contributed by atoms with Gasteiger partial charge in [0.15, 0.2) is 6.29 Å². The van der Waals surface area contributed by atoms with Crippen LogP contribution < -0.4 is 0 Å². The summed E-state index contributed by atoms with van der Waals surface area (Å²) in [6, 6.07) is 0. The Morgan fingerprint density at radius 2 is 1.75 bits per heavy atom. The number of halogens is 1. The lowest BCUT2D eigenvalue weighted by Crippen LogP contribution is -2.56. The molecule has 0 bridgehead atoms. The highest BCUT2D eigenvalue weighted by Gasteiger charge is 2.42. The molecule has 0 amide bonds. The fraction of sp³-hybridized carbons (Fsp3) is 1.00. The van der Waals surface area contributed by atoms with Crippen LogP contribution in [0, 0.1) is 0 Å². The van der Waals surface area contributed by atoms with Gasteiger partial charge in [0, 0.05) is 0 Å². The second-order valence-corrected chi connectivity index (χ2v) is 3.18. The van der Waals surface area contributed by atoms with Crippen LogP contribution in [0.5, 0.6) is 0 Å². The molecule has 5 nitrogen and oxygen atoms in total. The molecule has 1 saturated heterocycles. The van der Waals surface area contributed by atoms with E-state index in [4.69, 9.17) is 26.9 Å². The van der Waals surface area contributed by atoms with E-state index in [1.54, 1.807) is 0 Å². The summed E-state index contributed by atoms with van der Waals surface area (Å²) in [4.78, 5) is 0. The number of aliphatic hydroxyl groups excluding tert-OH is 4. The van der Waals surface area contributed by atoms with E-state index in [1.807, 2.05) is 0 Å². The summed E-state index contributed by atoms with van der Waals surface area (Å²) < 4.78 is 4.65. The standard InChI is InChI=1S/C6H11ClO5/c7-3-4(9)2(1-8)12-6(11)5(3)10/h2-6,8-11H,1H2/t2?,3-,4+,5?,6?/m0/s1. The monoisotopic (exact) mass is 198 g/mol. The molecule has 1 aliphatic rings. The molecule has 12 heavy (non-hydrogen) atoms. The molecule has 0 spiro atoms. The molecule has 4 N–H and O–H groups in total. The molecule has 1 fully saturated rings. The van der Waals surface area contributed by atoms with Crippen molar-refractivity contribution in [2.24, 2.45) is 0 Å². The van der Waals surface area contributed by atoms with Crippen LogP contribution in [0.15, 0.2) is 0 Å². The Bertz CT molecular complexity index is 150. The van der Waals surface area contributed by atoms with Crippen LogP contribution in [0.3, 0.4) is 0 Å². The smallest absolute Gasteiger partial charge is 0.182 e. The largest absolute Gasteiger partial charge is 0.394 e. The molecule has 3 unspecified atom stereocenters. The molecule has 0 aliphatic carbocycles. The van der Waals surface area contributed by atoms with Gasteiger partial charge in [-0.05, 0) is 0 Å². The Morgan fingerprint density at radius 1 is 1.17 bits per heavy atom. The van der Waals surface area contributed by atoms with E-state index in [1.165, 1.54) is 0 Å². The highest BCUT2D eigenvalue weighted by molar-refractivity contribution is 6.21. The fourth-order valence-corrected chi connectivity index (χ4v) is 1.34. The highest BCUT2D eigenvalue weighted by Crippen LogP contribution is 2.23. The van der Waals surface area contributed by atoms with Gasteiger partial charge in [-0.1, -0.05) is 0 Å². The summed E-state index contributed by atoms with van der Waals surface area (Å²) in [5, 5.41) is 34.9. The van der Waals surface area contributed by atoms with Gasteiger partial charge in [0.05, 0.1) is 12.0 Å². The Labute approximate surface area is 74.2 Å². The van der Waals surface area contributed by atoms with Gasteiger partial charge in [0.2, 0.25) is 0 Å². The highest BCUT2D eigenvalue weighted by atomic mass is 35.5. The van der Waals surface area contributed by atoms with Gasteiger partial charge >= 0.3 is 0 Å². The zero-order valence-corrected chi connectivity index (χ0v) is 6.92. The number of hydrogen-bond donors (Lipinski definition) is 4. The molecule has 0 aromatic heterocycles. The van der Waals surface area contributed by atoms with Gasteiger partial charge in [0.25, 0.3) is 0 Å². The fourth-order valence-electron chi connectivity index (χ4n) is 1.06. The van der Waals surface area contributed by atoms with Gasteiger partial charge < -0.3 is 25.2 Å². The third kappa shape index (κ3) is 1.71. The Kier molecular flexibility index (Phi) is 3.28. The maximum Gasteiger partial charge on any atom is 0.182 e. The number of rotatable bonds is 1. The molecule has 0 saturated carbocycles. The van der Waals surface area contributed by atoms with Crippen molar-refractivity contribution in [1.82, 2.24) is 0 Å². The average Bonchev–Trinajstić information content (AvgIpc) is 2.08. The summed E-state index contributed by atoms with van der Waals surface area (Å²) in [6.45, 7) is -0.450. The van der Waals surface area contributed by atoms with Gasteiger partial charge in [-0.2, -0.15) is 0 Å². The van der Waals surface area contributed by atoms with Crippen LogP contribution >= 0.6 is 11.6 Å². The summed E-state index contributed by atoms with van der Waals surface area (Å²) in [5.74, 6) is 0. The molecule has 1 rings (SSSR count). The molecular formula is C6H11ClO5. The minimum absolute atomic E-state index is 0.450. The zero-order chi connectivity index (χ0) is 9.30. The molecule has 1 heterocycles. The second-order valence-electron chi connectivity index (χ2n) is 2.67. The van der Waals surface area contributed by atoms with Crippen molar-refractivity contribution >= 4 is 11.6 Å².